The lowest BCUT2D eigenvalue weighted by Gasteiger charge is -2.21. The van der Waals surface area contributed by atoms with Crippen molar-refractivity contribution in [3.05, 3.63) is 29.8 Å². The van der Waals surface area contributed by atoms with Crippen molar-refractivity contribution in [3.8, 4) is 0 Å². The van der Waals surface area contributed by atoms with E-state index in [4.69, 9.17) is 5.11 Å². The van der Waals surface area contributed by atoms with Crippen molar-refractivity contribution in [1.82, 2.24) is 5.32 Å². The summed E-state index contributed by atoms with van der Waals surface area (Å²) in [6, 6.07) is 6.58. The minimum atomic E-state index is -1.33. The smallest absolute Gasteiger partial charge is 0.328 e. The third-order valence-corrected chi connectivity index (χ3v) is 3.48. The van der Waals surface area contributed by atoms with E-state index in [0.29, 0.717) is 18.5 Å². The first-order valence-corrected chi connectivity index (χ1v) is 6.77. The third-order valence-electron chi connectivity index (χ3n) is 3.48. The fraction of sp³-hybridized carbons (Fsp3) is 0.400. The standard InChI is InChI=1S/C15H18N2O4/c1-15(2,14(20)21)16-13(19)10-5-7-11(8-6-10)17-9-3-4-12(17)18/h5-8H,3-4,9H2,1-2H3,(H,16,19)(H,20,21). The molecule has 1 fully saturated rings. The van der Waals surface area contributed by atoms with E-state index >= 15 is 0 Å². The van der Waals surface area contributed by atoms with Crippen molar-refractivity contribution in [1.29, 1.82) is 0 Å². The topological polar surface area (TPSA) is 86.7 Å². The van der Waals surface area contributed by atoms with Gasteiger partial charge in [0, 0.05) is 24.2 Å². The molecule has 1 aromatic carbocycles. The molecule has 6 heteroatoms. The first kappa shape index (κ1) is 15.0. The predicted molar refractivity (Wildman–Crippen MR) is 77.2 cm³/mol. The first-order valence-electron chi connectivity index (χ1n) is 6.77. The molecule has 0 bridgehead atoms. The molecule has 2 amide bonds. The van der Waals surface area contributed by atoms with Crippen molar-refractivity contribution in [3.63, 3.8) is 0 Å². The van der Waals surface area contributed by atoms with Crippen LogP contribution in [0, 0.1) is 0 Å². The number of carbonyl (C=O) groups excluding carboxylic acids is 2. The Balaban J connectivity index is 2.10. The maximum Gasteiger partial charge on any atom is 0.328 e. The second kappa shape index (κ2) is 5.55. The van der Waals surface area contributed by atoms with Gasteiger partial charge in [-0.2, -0.15) is 0 Å². The second-order valence-electron chi connectivity index (χ2n) is 5.58. The molecule has 21 heavy (non-hydrogen) atoms. The van der Waals surface area contributed by atoms with Gasteiger partial charge >= 0.3 is 5.97 Å². The summed E-state index contributed by atoms with van der Waals surface area (Å²) in [5, 5.41) is 11.4. The molecule has 0 saturated carbocycles. The highest BCUT2D eigenvalue weighted by Crippen LogP contribution is 2.21. The Morgan fingerprint density at radius 3 is 2.33 bits per heavy atom. The zero-order valence-corrected chi connectivity index (χ0v) is 12.0. The van der Waals surface area contributed by atoms with E-state index in [9.17, 15) is 14.4 Å². The highest BCUT2D eigenvalue weighted by atomic mass is 16.4. The normalized spacial score (nSPS) is 15.1. The van der Waals surface area contributed by atoms with Gasteiger partial charge in [-0.3, -0.25) is 9.59 Å². The van der Waals surface area contributed by atoms with E-state index in [-0.39, 0.29) is 5.91 Å². The van der Waals surface area contributed by atoms with Gasteiger partial charge in [0.1, 0.15) is 5.54 Å². The molecule has 6 nitrogen and oxygen atoms in total. The Morgan fingerprint density at radius 1 is 1.24 bits per heavy atom. The highest BCUT2D eigenvalue weighted by Gasteiger charge is 2.29. The zero-order valence-electron chi connectivity index (χ0n) is 12.0. The van der Waals surface area contributed by atoms with E-state index in [0.717, 1.165) is 12.1 Å². The molecule has 1 aliphatic rings. The van der Waals surface area contributed by atoms with Crippen LogP contribution in [0.15, 0.2) is 24.3 Å². The molecule has 2 rings (SSSR count). The summed E-state index contributed by atoms with van der Waals surface area (Å²) in [5.74, 6) is -1.48. The molecule has 1 heterocycles. The van der Waals surface area contributed by atoms with Gasteiger partial charge in [-0.15, -0.1) is 0 Å². The van der Waals surface area contributed by atoms with Crippen LogP contribution in [0.25, 0.3) is 0 Å². The van der Waals surface area contributed by atoms with Crippen LogP contribution in [-0.2, 0) is 9.59 Å². The lowest BCUT2D eigenvalue weighted by atomic mass is 10.1. The summed E-state index contributed by atoms with van der Waals surface area (Å²) >= 11 is 0. The van der Waals surface area contributed by atoms with Crippen molar-refractivity contribution in [2.24, 2.45) is 0 Å². The number of benzene rings is 1. The summed E-state index contributed by atoms with van der Waals surface area (Å²) in [5.41, 5.74) is -0.216. The Morgan fingerprint density at radius 2 is 1.86 bits per heavy atom. The molecule has 1 aromatic rings. The minimum absolute atomic E-state index is 0.0826. The molecule has 0 aliphatic carbocycles. The van der Waals surface area contributed by atoms with E-state index in [1.54, 1.807) is 29.2 Å². The number of rotatable bonds is 4. The molecule has 0 radical (unpaired) electrons. The summed E-state index contributed by atoms with van der Waals surface area (Å²) in [6.45, 7) is 3.53. The maximum atomic E-state index is 12.0. The molecular formula is C15H18N2O4. The summed E-state index contributed by atoms with van der Waals surface area (Å²) < 4.78 is 0. The second-order valence-corrected chi connectivity index (χ2v) is 5.58. The van der Waals surface area contributed by atoms with E-state index in [1.807, 2.05) is 0 Å². The average molecular weight is 290 g/mol. The number of aliphatic carboxylic acids is 1. The molecule has 0 unspecified atom stereocenters. The highest BCUT2D eigenvalue weighted by molar-refractivity contribution is 5.99. The van der Waals surface area contributed by atoms with Crippen LogP contribution in [-0.4, -0.2) is 35.0 Å². The van der Waals surface area contributed by atoms with Crippen LogP contribution in [0.2, 0.25) is 0 Å². The number of anilines is 1. The lowest BCUT2D eigenvalue weighted by molar-refractivity contribution is -0.143. The average Bonchev–Trinajstić information content (AvgIpc) is 2.84. The van der Waals surface area contributed by atoms with Crippen LogP contribution in [0.3, 0.4) is 0 Å². The zero-order chi connectivity index (χ0) is 15.6. The monoisotopic (exact) mass is 290 g/mol. The Hall–Kier alpha value is -2.37. The summed E-state index contributed by atoms with van der Waals surface area (Å²) in [4.78, 5) is 36.3. The summed E-state index contributed by atoms with van der Waals surface area (Å²) in [7, 11) is 0. The first-order chi connectivity index (χ1) is 9.81. The van der Waals surface area contributed by atoms with E-state index in [2.05, 4.69) is 5.32 Å². The Labute approximate surface area is 122 Å². The lowest BCUT2D eigenvalue weighted by Crippen LogP contribution is -2.49. The van der Waals surface area contributed by atoms with Crippen LogP contribution in [0.4, 0.5) is 5.69 Å². The van der Waals surface area contributed by atoms with E-state index < -0.39 is 17.4 Å². The number of nitrogens with zero attached hydrogens (tertiary/aromatic N) is 1. The third kappa shape index (κ3) is 3.21. The molecule has 1 saturated heterocycles. The number of carboxylic acid groups (broad SMARTS) is 1. The van der Waals surface area contributed by atoms with Crippen molar-refractivity contribution in [2.45, 2.75) is 32.2 Å². The van der Waals surface area contributed by atoms with Gasteiger partial charge in [-0.1, -0.05) is 0 Å². The molecular weight excluding hydrogens is 272 g/mol. The fourth-order valence-electron chi connectivity index (χ4n) is 2.12. The van der Waals surface area contributed by atoms with Gasteiger partial charge in [-0.05, 0) is 44.5 Å². The van der Waals surface area contributed by atoms with Crippen LogP contribution < -0.4 is 10.2 Å². The van der Waals surface area contributed by atoms with Crippen LogP contribution >= 0.6 is 0 Å². The van der Waals surface area contributed by atoms with Crippen molar-refractivity contribution in [2.75, 3.05) is 11.4 Å². The van der Waals surface area contributed by atoms with Gasteiger partial charge in [0.25, 0.3) is 5.91 Å². The van der Waals surface area contributed by atoms with Gasteiger partial charge in [0.15, 0.2) is 0 Å². The Bertz CT molecular complexity index is 578. The minimum Gasteiger partial charge on any atom is -0.480 e. The largest absolute Gasteiger partial charge is 0.480 e. The van der Waals surface area contributed by atoms with Crippen LogP contribution in [0.1, 0.15) is 37.0 Å². The SMILES string of the molecule is CC(C)(NC(=O)c1ccc(N2CCCC2=O)cc1)C(=O)O. The number of amides is 2. The number of carbonyl (C=O) groups is 3. The molecule has 0 spiro atoms. The number of hydrogen-bond donors (Lipinski definition) is 2. The Kier molecular flexibility index (Phi) is 3.97. The van der Waals surface area contributed by atoms with Crippen molar-refractivity contribution < 1.29 is 19.5 Å². The van der Waals surface area contributed by atoms with Gasteiger partial charge in [-0.25, -0.2) is 4.79 Å². The quantitative estimate of drug-likeness (QED) is 0.877. The molecule has 0 atom stereocenters. The van der Waals surface area contributed by atoms with Crippen LogP contribution in [0.5, 0.6) is 0 Å². The van der Waals surface area contributed by atoms with Gasteiger partial charge in [0.2, 0.25) is 5.91 Å². The molecule has 0 aromatic heterocycles. The number of hydrogen-bond acceptors (Lipinski definition) is 3. The molecule has 1 aliphatic heterocycles. The van der Waals surface area contributed by atoms with Gasteiger partial charge in [0.05, 0.1) is 0 Å². The number of nitrogens with one attached hydrogen (secondary N) is 1. The molecule has 112 valence electrons. The predicted octanol–water partition coefficient (Wildman–Crippen LogP) is 1.41. The van der Waals surface area contributed by atoms with E-state index in [1.165, 1.54) is 13.8 Å². The van der Waals surface area contributed by atoms with Crippen molar-refractivity contribution >= 4 is 23.5 Å². The number of carboxylic acids is 1. The maximum absolute atomic E-state index is 12.0. The summed E-state index contributed by atoms with van der Waals surface area (Å²) in [6.07, 6.45) is 1.39. The molecule has 2 N–H and O–H groups in total. The van der Waals surface area contributed by atoms with Gasteiger partial charge < -0.3 is 15.3 Å². The fourth-order valence-corrected chi connectivity index (χ4v) is 2.12.